The number of benzene rings is 2. The smallest absolute Gasteiger partial charge is 0.238 e. The van der Waals surface area contributed by atoms with Gasteiger partial charge in [-0.25, -0.2) is 0 Å². The van der Waals surface area contributed by atoms with Crippen molar-refractivity contribution in [2.75, 3.05) is 26.0 Å². The van der Waals surface area contributed by atoms with E-state index in [9.17, 15) is 4.79 Å². The first kappa shape index (κ1) is 19.4. The Morgan fingerprint density at radius 3 is 2.48 bits per heavy atom. The van der Waals surface area contributed by atoms with Crippen molar-refractivity contribution in [1.29, 1.82) is 0 Å². The van der Waals surface area contributed by atoms with Crippen LogP contribution in [0, 0.1) is 6.92 Å². The van der Waals surface area contributed by atoms with E-state index in [-0.39, 0.29) is 5.91 Å². The number of nitrogens with zero attached hydrogens (tertiary/aromatic N) is 1. The number of amides is 1. The predicted molar refractivity (Wildman–Crippen MR) is 110 cm³/mol. The molecule has 2 aromatic carbocycles. The summed E-state index contributed by atoms with van der Waals surface area (Å²) in [6.45, 7) is 2.41. The number of likely N-dealkylation sites (N-methyl/N-ethyl adjacent to an activating group) is 1. The van der Waals surface area contributed by atoms with E-state index in [4.69, 9.17) is 4.74 Å². The topological polar surface area (TPSA) is 41.6 Å². The molecule has 4 heteroatoms. The summed E-state index contributed by atoms with van der Waals surface area (Å²) < 4.78 is 5.35. The van der Waals surface area contributed by atoms with Crippen LogP contribution >= 0.6 is 0 Å². The maximum atomic E-state index is 12.5. The molecule has 0 atom stereocenters. The van der Waals surface area contributed by atoms with Gasteiger partial charge in [0.05, 0.1) is 19.3 Å². The Kier molecular flexibility index (Phi) is 6.51. The molecule has 0 saturated heterocycles. The zero-order valence-corrected chi connectivity index (χ0v) is 16.6. The lowest BCUT2D eigenvalue weighted by Gasteiger charge is -2.34. The van der Waals surface area contributed by atoms with Crippen molar-refractivity contribution in [1.82, 2.24) is 4.90 Å². The number of ether oxygens (including phenoxy) is 1. The van der Waals surface area contributed by atoms with Crippen LogP contribution in [0.3, 0.4) is 0 Å². The summed E-state index contributed by atoms with van der Waals surface area (Å²) in [5.74, 6) is 1.35. The minimum Gasteiger partial charge on any atom is -0.495 e. The van der Waals surface area contributed by atoms with Gasteiger partial charge in [-0.05, 0) is 68.8 Å². The van der Waals surface area contributed by atoms with E-state index >= 15 is 0 Å². The summed E-state index contributed by atoms with van der Waals surface area (Å²) in [5.41, 5.74) is 3.28. The zero-order chi connectivity index (χ0) is 19.2. The van der Waals surface area contributed by atoms with Crippen molar-refractivity contribution >= 4 is 11.6 Å². The Morgan fingerprint density at radius 1 is 1.11 bits per heavy atom. The molecule has 1 saturated carbocycles. The molecule has 1 aliphatic carbocycles. The minimum atomic E-state index is 0.00610. The van der Waals surface area contributed by atoms with Gasteiger partial charge >= 0.3 is 0 Å². The van der Waals surface area contributed by atoms with E-state index in [2.05, 4.69) is 47.6 Å². The van der Waals surface area contributed by atoms with Gasteiger partial charge in [-0.1, -0.05) is 36.4 Å². The van der Waals surface area contributed by atoms with Crippen molar-refractivity contribution in [3.05, 3.63) is 59.7 Å². The second kappa shape index (κ2) is 9.05. The van der Waals surface area contributed by atoms with Gasteiger partial charge in [0.15, 0.2) is 0 Å². The number of carbonyl (C=O) groups is 1. The van der Waals surface area contributed by atoms with Gasteiger partial charge in [0.1, 0.15) is 5.75 Å². The molecule has 0 spiro atoms. The monoisotopic (exact) mass is 366 g/mol. The van der Waals surface area contributed by atoms with Gasteiger partial charge in [0.2, 0.25) is 5.91 Å². The van der Waals surface area contributed by atoms with Crippen molar-refractivity contribution in [3.8, 4) is 5.75 Å². The number of rotatable bonds is 6. The molecule has 4 nitrogen and oxygen atoms in total. The molecule has 144 valence electrons. The third kappa shape index (κ3) is 5.10. The minimum absolute atomic E-state index is 0.00610. The fourth-order valence-corrected chi connectivity index (χ4v) is 4.04. The molecule has 0 radical (unpaired) electrons. The molecule has 1 amide bonds. The van der Waals surface area contributed by atoms with Gasteiger partial charge in [-0.2, -0.15) is 0 Å². The molecule has 27 heavy (non-hydrogen) atoms. The Morgan fingerprint density at radius 2 is 1.81 bits per heavy atom. The number of hydrogen-bond acceptors (Lipinski definition) is 3. The molecule has 0 aliphatic heterocycles. The van der Waals surface area contributed by atoms with Crippen LogP contribution in [0.15, 0.2) is 48.5 Å². The third-order valence-corrected chi connectivity index (χ3v) is 5.61. The molecule has 3 rings (SSSR count). The lowest BCUT2D eigenvalue weighted by atomic mass is 9.81. The molecule has 1 N–H and O–H groups in total. The first-order chi connectivity index (χ1) is 13.1. The Balaban J connectivity index is 1.51. The molecule has 1 aliphatic rings. The average molecular weight is 367 g/mol. The van der Waals surface area contributed by atoms with E-state index < -0.39 is 0 Å². The number of carbonyl (C=O) groups excluding carboxylic acids is 1. The van der Waals surface area contributed by atoms with Crippen LogP contribution in [-0.2, 0) is 4.79 Å². The normalized spacial score (nSPS) is 19.7. The van der Waals surface area contributed by atoms with Crippen molar-refractivity contribution in [3.63, 3.8) is 0 Å². The summed E-state index contributed by atoms with van der Waals surface area (Å²) in [5, 5.41) is 3.00. The summed E-state index contributed by atoms with van der Waals surface area (Å²) in [7, 11) is 3.68. The van der Waals surface area contributed by atoms with E-state index in [1.165, 1.54) is 18.4 Å². The van der Waals surface area contributed by atoms with Crippen LogP contribution in [0.4, 0.5) is 5.69 Å². The van der Waals surface area contributed by atoms with Crippen molar-refractivity contribution in [2.45, 2.75) is 44.6 Å². The number of anilines is 1. The van der Waals surface area contributed by atoms with Gasteiger partial charge in [0.25, 0.3) is 0 Å². The largest absolute Gasteiger partial charge is 0.495 e. The maximum Gasteiger partial charge on any atom is 0.238 e. The summed E-state index contributed by atoms with van der Waals surface area (Å²) >= 11 is 0. The summed E-state index contributed by atoms with van der Waals surface area (Å²) in [6, 6.07) is 17.1. The van der Waals surface area contributed by atoms with Crippen LogP contribution in [0.2, 0.25) is 0 Å². The quantitative estimate of drug-likeness (QED) is 0.812. The van der Waals surface area contributed by atoms with Gasteiger partial charge in [-0.15, -0.1) is 0 Å². The van der Waals surface area contributed by atoms with E-state index in [0.29, 0.717) is 24.3 Å². The second-order valence-corrected chi connectivity index (χ2v) is 7.58. The number of nitrogens with one attached hydrogen (secondary N) is 1. The highest BCUT2D eigenvalue weighted by atomic mass is 16.5. The van der Waals surface area contributed by atoms with Gasteiger partial charge in [-0.3, -0.25) is 9.69 Å². The average Bonchev–Trinajstić information content (AvgIpc) is 2.69. The number of hydrogen-bond donors (Lipinski definition) is 1. The molecular weight excluding hydrogens is 336 g/mol. The van der Waals surface area contributed by atoms with Crippen LogP contribution in [-0.4, -0.2) is 37.6 Å². The maximum absolute atomic E-state index is 12.5. The van der Waals surface area contributed by atoms with Crippen molar-refractivity contribution < 1.29 is 9.53 Å². The first-order valence-electron chi connectivity index (χ1n) is 9.76. The molecule has 0 aromatic heterocycles. The standard InChI is InChI=1S/C23H30N2O2/c1-17-9-14-22(27-3)21(15-17)24-23(26)16-25(2)20-12-10-19(11-13-20)18-7-5-4-6-8-18/h4-9,14-15,19-20H,10-13,16H2,1-3H3,(H,24,26). The van der Waals surface area contributed by atoms with E-state index in [1.54, 1.807) is 7.11 Å². The zero-order valence-electron chi connectivity index (χ0n) is 16.6. The molecule has 0 bridgehead atoms. The fourth-order valence-electron chi connectivity index (χ4n) is 4.04. The number of methoxy groups -OCH3 is 1. The number of aryl methyl sites for hydroxylation is 1. The lowest BCUT2D eigenvalue weighted by Crippen LogP contribution is -2.39. The van der Waals surface area contributed by atoms with Crippen molar-refractivity contribution in [2.24, 2.45) is 0 Å². The molecular formula is C23H30N2O2. The predicted octanol–water partition coefficient (Wildman–Crippen LogP) is 4.60. The SMILES string of the molecule is COc1ccc(C)cc1NC(=O)CN(C)C1CCC(c2ccccc2)CC1. The van der Waals surface area contributed by atoms with E-state index in [0.717, 1.165) is 24.1 Å². The molecule has 0 unspecified atom stereocenters. The Labute approximate surface area is 162 Å². The fraction of sp³-hybridized carbons (Fsp3) is 0.435. The lowest BCUT2D eigenvalue weighted by molar-refractivity contribution is -0.117. The Bertz CT molecular complexity index is 752. The van der Waals surface area contributed by atoms with Gasteiger partial charge in [0, 0.05) is 6.04 Å². The van der Waals surface area contributed by atoms with Crippen LogP contribution < -0.4 is 10.1 Å². The molecule has 2 aromatic rings. The van der Waals surface area contributed by atoms with E-state index in [1.807, 2.05) is 25.1 Å². The molecule has 0 heterocycles. The molecule has 1 fully saturated rings. The van der Waals surface area contributed by atoms with Crippen LogP contribution in [0.25, 0.3) is 0 Å². The first-order valence-corrected chi connectivity index (χ1v) is 9.76. The Hall–Kier alpha value is -2.33. The van der Waals surface area contributed by atoms with Crippen LogP contribution in [0.1, 0.15) is 42.7 Å². The van der Waals surface area contributed by atoms with Crippen LogP contribution in [0.5, 0.6) is 5.75 Å². The highest BCUT2D eigenvalue weighted by Gasteiger charge is 2.25. The highest BCUT2D eigenvalue weighted by molar-refractivity contribution is 5.93. The summed E-state index contributed by atoms with van der Waals surface area (Å²) in [4.78, 5) is 14.7. The second-order valence-electron chi connectivity index (χ2n) is 7.58. The summed E-state index contributed by atoms with van der Waals surface area (Å²) in [6.07, 6.45) is 4.65. The van der Waals surface area contributed by atoms with Gasteiger partial charge < -0.3 is 10.1 Å². The third-order valence-electron chi connectivity index (χ3n) is 5.61. The highest BCUT2D eigenvalue weighted by Crippen LogP contribution is 2.34.